The average Bonchev–Trinajstić information content (AvgIpc) is 2.66. The smallest absolute Gasteiger partial charge is 0.465 e. The Balaban J connectivity index is 4.15. The van der Waals surface area contributed by atoms with Crippen LogP contribution in [0.3, 0.4) is 0 Å². The Labute approximate surface area is 156 Å². The van der Waals surface area contributed by atoms with E-state index in [-0.39, 0.29) is 51.2 Å². The molecule has 0 atom stereocenters. The van der Waals surface area contributed by atoms with E-state index in [1.165, 1.54) is 0 Å². The molecule has 0 heterocycles. The van der Waals surface area contributed by atoms with E-state index in [1.807, 2.05) is 0 Å². The van der Waals surface area contributed by atoms with Crippen molar-refractivity contribution in [3.05, 3.63) is 0 Å². The highest BCUT2D eigenvalue weighted by Gasteiger charge is 2.17. The molecular formula is C18H33NO7. The van der Waals surface area contributed by atoms with Gasteiger partial charge in [0.05, 0.1) is 12.5 Å². The number of esters is 2. The van der Waals surface area contributed by atoms with E-state index >= 15 is 0 Å². The summed E-state index contributed by atoms with van der Waals surface area (Å²) in [5.74, 6) is -1.16. The second-order valence-electron chi connectivity index (χ2n) is 5.73. The molecule has 0 saturated heterocycles. The zero-order valence-corrected chi connectivity index (χ0v) is 16.5. The van der Waals surface area contributed by atoms with Gasteiger partial charge in [-0.2, -0.15) is 0 Å². The maximum absolute atomic E-state index is 11.6. The summed E-state index contributed by atoms with van der Waals surface area (Å²) in [5, 5.41) is 0. The van der Waals surface area contributed by atoms with Crippen LogP contribution in [-0.4, -0.2) is 69.1 Å². The van der Waals surface area contributed by atoms with Crippen molar-refractivity contribution in [2.45, 2.75) is 47.0 Å². The van der Waals surface area contributed by atoms with Crippen LogP contribution in [0.25, 0.3) is 0 Å². The minimum Gasteiger partial charge on any atom is -0.465 e. The Bertz CT molecular complexity index is 390. The van der Waals surface area contributed by atoms with Crippen molar-refractivity contribution in [2.24, 2.45) is 5.92 Å². The quantitative estimate of drug-likeness (QED) is 0.260. The number of carbonyl (C=O) groups excluding carboxylic acids is 3. The maximum Gasteiger partial charge on any atom is 0.508 e. The van der Waals surface area contributed by atoms with Crippen LogP contribution in [0.15, 0.2) is 0 Å². The zero-order valence-electron chi connectivity index (χ0n) is 16.5. The second-order valence-corrected chi connectivity index (χ2v) is 5.73. The van der Waals surface area contributed by atoms with E-state index in [2.05, 4.69) is 18.7 Å². The summed E-state index contributed by atoms with van der Waals surface area (Å²) in [5.41, 5.74) is 0. The summed E-state index contributed by atoms with van der Waals surface area (Å²) in [6, 6.07) is 0. The number of rotatable bonds is 14. The van der Waals surface area contributed by atoms with Crippen LogP contribution in [0.2, 0.25) is 0 Å². The lowest BCUT2D eigenvalue weighted by atomic mass is 10.2. The Hall–Kier alpha value is -1.83. The highest BCUT2D eigenvalue weighted by molar-refractivity contribution is 5.69. The van der Waals surface area contributed by atoms with Crippen LogP contribution in [0, 0.1) is 5.92 Å². The van der Waals surface area contributed by atoms with Gasteiger partial charge in [0, 0.05) is 19.4 Å². The minimum absolute atomic E-state index is 0.0128. The van der Waals surface area contributed by atoms with Gasteiger partial charge in [0.25, 0.3) is 0 Å². The largest absolute Gasteiger partial charge is 0.508 e. The molecule has 0 aromatic heterocycles. The molecule has 0 spiro atoms. The van der Waals surface area contributed by atoms with Gasteiger partial charge in [-0.15, -0.1) is 0 Å². The van der Waals surface area contributed by atoms with Gasteiger partial charge in [0.1, 0.15) is 19.8 Å². The molecule has 0 saturated carbocycles. The Kier molecular flexibility index (Phi) is 14.3. The first-order valence-electron chi connectivity index (χ1n) is 9.29. The summed E-state index contributed by atoms with van der Waals surface area (Å²) < 4.78 is 20.1. The molecule has 0 aromatic rings. The highest BCUT2D eigenvalue weighted by Crippen LogP contribution is 2.04. The molecule has 0 unspecified atom stereocenters. The maximum atomic E-state index is 11.6. The van der Waals surface area contributed by atoms with Crippen LogP contribution >= 0.6 is 0 Å². The molecule has 0 aliphatic heterocycles. The van der Waals surface area contributed by atoms with E-state index < -0.39 is 12.1 Å². The average molecular weight is 375 g/mol. The van der Waals surface area contributed by atoms with Crippen molar-refractivity contribution >= 4 is 18.1 Å². The molecule has 0 rings (SSSR count). The predicted octanol–water partition coefficient (Wildman–Crippen LogP) is 2.39. The van der Waals surface area contributed by atoms with Crippen LogP contribution in [0.4, 0.5) is 4.79 Å². The van der Waals surface area contributed by atoms with Crippen LogP contribution in [0.5, 0.6) is 0 Å². The van der Waals surface area contributed by atoms with Crippen LogP contribution in [0.1, 0.15) is 47.0 Å². The topological polar surface area (TPSA) is 91.4 Å². The fourth-order valence-electron chi connectivity index (χ4n) is 1.98. The third kappa shape index (κ3) is 12.5. The third-order valence-electron chi connectivity index (χ3n) is 3.71. The normalized spacial score (nSPS) is 10.7. The molecular weight excluding hydrogens is 342 g/mol. The van der Waals surface area contributed by atoms with Crippen LogP contribution < -0.4 is 0 Å². The lowest BCUT2D eigenvalue weighted by Gasteiger charge is -2.18. The van der Waals surface area contributed by atoms with E-state index in [4.69, 9.17) is 18.9 Å². The Morgan fingerprint density at radius 1 is 0.769 bits per heavy atom. The zero-order chi connectivity index (χ0) is 19.8. The first-order chi connectivity index (χ1) is 12.5. The van der Waals surface area contributed by atoms with Crippen molar-refractivity contribution < 1.29 is 33.3 Å². The van der Waals surface area contributed by atoms with Gasteiger partial charge in [-0.3, -0.25) is 9.59 Å². The summed E-state index contributed by atoms with van der Waals surface area (Å²) in [7, 11) is 0. The van der Waals surface area contributed by atoms with Crippen molar-refractivity contribution in [3.63, 3.8) is 0 Å². The standard InChI is InChI=1S/C18H33NO7/c1-5-16(20)24-12-15(13-25-17(21)6-2)14-26-18(22)23-11-9-10-19(7-3)8-4/h15H,5-14H2,1-4H3. The molecule has 8 heteroatoms. The molecule has 0 aliphatic carbocycles. The summed E-state index contributed by atoms with van der Waals surface area (Å²) in [6.45, 7) is 10.5. The molecule has 0 aromatic carbocycles. The molecule has 8 nitrogen and oxygen atoms in total. The number of hydrogen-bond donors (Lipinski definition) is 0. The van der Waals surface area contributed by atoms with Crippen molar-refractivity contribution in [1.82, 2.24) is 4.90 Å². The molecule has 0 N–H and O–H groups in total. The number of carbonyl (C=O) groups is 3. The van der Waals surface area contributed by atoms with Crippen molar-refractivity contribution in [3.8, 4) is 0 Å². The van der Waals surface area contributed by atoms with E-state index in [0.717, 1.165) is 26.1 Å². The Morgan fingerprint density at radius 2 is 1.27 bits per heavy atom. The van der Waals surface area contributed by atoms with E-state index in [0.29, 0.717) is 0 Å². The fraction of sp³-hybridized carbons (Fsp3) is 0.833. The first kappa shape index (κ1) is 24.2. The van der Waals surface area contributed by atoms with Gasteiger partial charge in [-0.05, 0) is 19.5 Å². The van der Waals surface area contributed by atoms with Gasteiger partial charge < -0.3 is 23.8 Å². The van der Waals surface area contributed by atoms with Gasteiger partial charge in [0.2, 0.25) is 0 Å². The van der Waals surface area contributed by atoms with Crippen molar-refractivity contribution in [2.75, 3.05) is 46.1 Å². The summed E-state index contributed by atoms with van der Waals surface area (Å²) >= 11 is 0. The molecule has 0 bridgehead atoms. The minimum atomic E-state index is -0.779. The van der Waals surface area contributed by atoms with Gasteiger partial charge >= 0.3 is 18.1 Å². The first-order valence-corrected chi connectivity index (χ1v) is 9.29. The summed E-state index contributed by atoms with van der Waals surface area (Å²) in [6.07, 6.45) is 0.439. The van der Waals surface area contributed by atoms with E-state index in [1.54, 1.807) is 13.8 Å². The van der Waals surface area contributed by atoms with E-state index in [9.17, 15) is 14.4 Å². The highest BCUT2D eigenvalue weighted by atomic mass is 16.7. The molecule has 0 radical (unpaired) electrons. The predicted molar refractivity (Wildman–Crippen MR) is 95.7 cm³/mol. The second kappa shape index (κ2) is 15.4. The van der Waals surface area contributed by atoms with Gasteiger partial charge in [-0.25, -0.2) is 4.79 Å². The summed E-state index contributed by atoms with van der Waals surface area (Å²) in [4.78, 5) is 36.4. The number of nitrogens with zero attached hydrogens (tertiary/aromatic N) is 1. The van der Waals surface area contributed by atoms with Gasteiger partial charge in [-0.1, -0.05) is 27.7 Å². The number of hydrogen-bond acceptors (Lipinski definition) is 8. The molecule has 0 aliphatic rings. The van der Waals surface area contributed by atoms with Crippen molar-refractivity contribution in [1.29, 1.82) is 0 Å². The molecule has 152 valence electrons. The molecule has 26 heavy (non-hydrogen) atoms. The lowest BCUT2D eigenvalue weighted by Crippen LogP contribution is -2.27. The molecule has 0 fully saturated rings. The van der Waals surface area contributed by atoms with Crippen LogP contribution in [-0.2, 0) is 28.5 Å². The SMILES string of the molecule is CCC(=O)OCC(COC(=O)CC)COC(=O)OCCCN(CC)CC. The van der Waals surface area contributed by atoms with Gasteiger partial charge in [0.15, 0.2) is 0 Å². The monoisotopic (exact) mass is 375 g/mol. The Morgan fingerprint density at radius 3 is 1.73 bits per heavy atom. The third-order valence-corrected chi connectivity index (χ3v) is 3.71. The number of ether oxygens (including phenoxy) is 4. The molecule has 0 amide bonds. The fourth-order valence-corrected chi connectivity index (χ4v) is 1.98. The lowest BCUT2D eigenvalue weighted by molar-refractivity contribution is -0.149.